The molecule has 1 amide bonds. The second-order valence-electron chi connectivity index (χ2n) is 6.14. The Morgan fingerprint density at radius 2 is 1.67 bits per heavy atom. The van der Waals surface area contributed by atoms with Crippen molar-refractivity contribution in [3.63, 3.8) is 0 Å². The third kappa shape index (κ3) is 5.90. The van der Waals surface area contributed by atoms with E-state index in [9.17, 15) is 4.79 Å². The molecule has 122 valence electrons. The first-order chi connectivity index (χ1) is 10.2. The molecule has 6 nitrogen and oxygen atoms in total. The van der Waals surface area contributed by atoms with Gasteiger partial charge in [-0.15, -0.1) is 0 Å². The molecule has 0 unspecified atom stereocenters. The monoisotopic (exact) mass is 301 g/mol. The molecule has 2 rings (SSSR count). The van der Waals surface area contributed by atoms with E-state index in [0.717, 1.165) is 51.4 Å². The molecule has 21 heavy (non-hydrogen) atoms. The zero-order chi connectivity index (χ0) is 15.0. The van der Waals surface area contributed by atoms with Gasteiger partial charge in [0.2, 0.25) is 11.7 Å². The molecule has 0 aromatic rings. The molecule has 1 saturated carbocycles. The van der Waals surface area contributed by atoms with Gasteiger partial charge in [0.15, 0.2) is 0 Å². The molecule has 0 aromatic carbocycles. The van der Waals surface area contributed by atoms with Gasteiger partial charge in [0.1, 0.15) is 0 Å². The van der Waals surface area contributed by atoms with E-state index in [2.05, 4.69) is 0 Å². The third-order valence-electron chi connectivity index (χ3n) is 4.18. The van der Waals surface area contributed by atoms with Crippen LogP contribution in [0.5, 0.6) is 0 Å². The van der Waals surface area contributed by atoms with Crippen molar-refractivity contribution < 1.29 is 24.3 Å². The summed E-state index contributed by atoms with van der Waals surface area (Å²) in [5, 5.41) is 0. The quantitative estimate of drug-likeness (QED) is 0.602. The van der Waals surface area contributed by atoms with Gasteiger partial charge in [-0.3, -0.25) is 4.79 Å². The Balaban J connectivity index is 1.62. The zero-order valence-electron chi connectivity index (χ0n) is 12.7. The van der Waals surface area contributed by atoms with Crippen LogP contribution in [0.25, 0.3) is 0 Å². The van der Waals surface area contributed by atoms with E-state index in [0.29, 0.717) is 19.6 Å². The van der Waals surface area contributed by atoms with Crippen LogP contribution in [-0.4, -0.2) is 24.9 Å². The average Bonchev–Trinajstić information content (AvgIpc) is 2.45. The highest BCUT2D eigenvalue weighted by Crippen LogP contribution is 2.34. The van der Waals surface area contributed by atoms with E-state index >= 15 is 0 Å². The third-order valence-corrected chi connectivity index (χ3v) is 4.18. The number of amides is 1. The standard InChI is InChI=1S/C15H27NO5/c16-14(17)8-4-1-3-7-13-11-18-20-15(21-19-12-13)9-5-2-6-10-15/h13H,1-12H2,(H2,16,17). The molecule has 0 atom stereocenters. The van der Waals surface area contributed by atoms with Gasteiger partial charge in [0.05, 0.1) is 13.2 Å². The molecule has 1 aliphatic carbocycles. The second-order valence-corrected chi connectivity index (χ2v) is 6.14. The Hall–Kier alpha value is -0.690. The number of rotatable bonds is 6. The molecular weight excluding hydrogens is 274 g/mol. The van der Waals surface area contributed by atoms with Crippen molar-refractivity contribution in [2.75, 3.05) is 13.2 Å². The summed E-state index contributed by atoms with van der Waals surface area (Å²) >= 11 is 0. The summed E-state index contributed by atoms with van der Waals surface area (Å²) in [6.45, 7) is 1.06. The van der Waals surface area contributed by atoms with E-state index < -0.39 is 5.79 Å². The first kappa shape index (κ1) is 16.7. The van der Waals surface area contributed by atoms with Crippen LogP contribution in [0, 0.1) is 5.92 Å². The minimum atomic E-state index is -0.690. The summed E-state index contributed by atoms with van der Waals surface area (Å²) in [5.74, 6) is -0.656. The summed E-state index contributed by atoms with van der Waals surface area (Å²) in [6.07, 6.45) is 9.32. The Morgan fingerprint density at radius 3 is 2.29 bits per heavy atom. The van der Waals surface area contributed by atoms with Crippen molar-refractivity contribution >= 4 is 5.91 Å². The topological polar surface area (TPSA) is 80.0 Å². The highest BCUT2D eigenvalue weighted by atomic mass is 17.3. The van der Waals surface area contributed by atoms with Crippen LogP contribution < -0.4 is 5.73 Å². The van der Waals surface area contributed by atoms with Crippen LogP contribution in [0.1, 0.15) is 64.2 Å². The fourth-order valence-corrected chi connectivity index (χ4v) is 2.87. The van der Waals surface area contributed by atoms with Crippen molar-refractivity contribution in [2.24, 2.45) is 11.7 Å². The molecule has 1 aliphatic heterocycles. The Bertz CT molecular complexity index is 305. The predicted octanol–water partition coefficient (Wildman–Crippen LogP) is 2.61. The van der Waals surface area contributed by atoms with Gasteiger partial charge in [0.25, 0.3) is 0 Å². The maximum absolute atomic E-state index is 10.6. The van der Waals surface area contributed by atoms with Crippen LogP contribution in [0.2, 0.25) is 0 Å². The van der Waals surface area contributed by atoms with Gasteiger partial charge in [-0.2, -0.15) is 9.78 Å². The van der Waals surface area contributed by atoms with Gasteiger partial charge in [0, 0.05) is 25.2 Å². The molecule has 1 spiro atoms. The zero-order valence-corrected chi connectivity index (χ0v) is 12.7. The molecule has 0 bridgehead atoms. The summed E-state index contributed by atoms with van der Waals surface area (Å²) < 4.78 is 0. The van der Waals surface area contributed by atoms with E-state index in [1.807, 2.05) is 0 Å². The van der Waals surface area contributed by atoms with Crippen molar-refractivity contribution in [3.8, 4) is 0 Å². The van der Waals surface area contributed by atoms with E-state index in [4.69, 9.17) is 25.3 Å². The van der Waals surface area contributed by atoms with E-state index in [1.165, 1.54) is 6.42 Å². The molecule has 1 saturated heterocycles. The van der Waals surface area contributed by atoms with Gasteiger partial charge < -0.3 is 5.73 Å². The van der Waals surface area contributed by atoms with Crippen LogP contribution in [0.3, 0.4) is 0 Å². The molecule has 0 radical (unpaired) electrons. The minimum Gasteiger partial charge on any atom is -0.370 e. The normalized spacial score (nSPS) is 23.6. The Labute approximate surface area is 126 Å². The van der Waals surface area contributed by atoms with Crippen LogP contribution in [0.15, 0.2) is 0 Å². The number of nitrogens with two attached hydrogens (primary N) is 1. The van der Waals surface area contributed by atoms with Crippen molar-refractivity contribution in [1.29, 1.82) is 0 Å². The number of unbranched alkanes of at least 4 members (excludes halogenated alkanes) is 2. The molecule has 1 heterocycles. The van der Waals surface area contributed by atoms with E-state index in [-0.39, 0.29) is 11.8 Å². The van der Waals surface area contributed by atoms with Gasteiger partial charge in [-0.1, -0.05) is 19.3 Å². The highest BCUT2D eigenvalue weighted by molar-refractivity contribution is 5.73. The average molecular weight is 301 g/mol. The lowest BCUT2D eigenvalue weighted by Crippen LogP contribution is -2.41. The fraction of sp³-hybridized carbons (Fsp3) is 0.933. The SMILES string of the molecule is NC(=O)CCCCCC1COOC2(CCCCC2)OOC1. The molecule has 2 aliphatic rings. The van der Waals surface area contributed by atoms with Crippen LogP contribution >= 0.6 is 0 Å². The number of hydrogen-bond acceptors (Lipinski definition) is 5. The lowest BCUT2D eigenvalue weighted by atomic mass is 9.94. The van der Waals surface area contributed by atoms with Crippen molar-refractivity contribution in [3.05, 3.63) is 0 Å². The molecule has 2 fully saturated rings. The Kier molecular flexibility index (Phi) is 6.89. The van der Waals surface area contributed by atoms with Gasteiger partial charge >= 0.3 is 0 Å². The van der Waals surface area contributed by atoms with Gasteiger partial charge in [-0.25, -0.2) is 9.78 Å². The first-order valence-corrected chi connectivity index (χ1v) is 8.10. The van der Waals surface area contributed by atoms with Crippen molar-refractivity contribution in [2.45, 2.75) is 70.0 Å². The molecule has 0 aromatic heterocycles. The van der Waals surface area contributed by atoms with Gasteiger partial charge in [-0.05, 0) is 25.7 Å². The summed E-state index contributed by atoms with van der Waals surface area (Å²) in [5.41, 5.74) is 5.11. The van der Waals surface area contributed by atoms with Crippen LogP contribution in [-0.2, 0) is 24.3 Å². The largest absolute Gasteiger partial charge is 0.370 e. The number of carbonyl (C=O) groups excluding carboxylic acids is 1. The minimum absolute atomic E-state index is 0.229. The predicted molar refractivity (Wildman–Crippen MR) is 75.7 cm³/mol. The summed E-state index contributed by atoms with van der Waals surface area (Å²) in [6, 6.07) is 0. The maximum Gasteiger partial charge on any atom is 0.233 e. The van der Waals surface area contributed by atoms with E-state index in [1.54, 1.807) is 0 Å². The summed E-state index contributed by atoms with van der Waals surface area (Å²) in [7, 11) is 0. The molecular formula is C15H27NO5. The Morgan fingerprint density at radius 1 is 1.00 bits per heavy atom. The molecule has 2 N–H and O–H groups in total. The summed E-state index contributed by atoms with van der Waals surface area (Å²) in [4.78, 5) is 32.4. The second kappa shape index (κ2) is 8.68. The maximum atomic E-state index is 10.6. The molecule has 6 heteroatoms. The first-order valence-electron chi connectivity index (χ1n) is 8.10. The highest BCUT2D eigenvalue weighted by Gasteiger charge is 2.38. The smallest absolute Gasteiger partial charge is 0.233 e. The lowest BCUT2D eigenvalue weighted by molar-refractivity contribution is -0.533. The number of carbonyl (C=O) groups is 1. The number of hydrogen-bond donors (Lipinski definition) is 1. The number of primary amides is 1. The van der Waals surface area contributed by atoms with Crippen molar-refractivity contribution in [1.82, 2.24) is 0 Å². The lowest BCUT2D eigenvalue weighted by Gasteiger charge is -2.36. The van der Waals surface area contributed by atoms with Crippen LogP contribution in [0.4, 0.5) is 0 Å². The fourth-order valence-electron chi connectivity index (χ4n) is 2.87.